The number of aliphatic hydroxyl groups is 1. The van der Waals surface area contributed by atoms with Gasteiger partial charge in [0, 0.05) is 0 Å². The molecule has 128 valence electrons. The van der Waals surface area contributed by atoms with Gasteiger partial charge in [-0.1, -0.05) is 44.2 Å². The lowest BCUT2D eigenvalue weighted by atomic mass is 10.0. The van der Waals surface area contributed by atoms with Gasteiger partial charge in [0.15, 0.2) is 0 Å². The number of carbonyl (C=O) groups excluding carboxylic acids is 2. The number of aliphatic hydroxyl groups excluding tert-OH is 1. The smallest absolute Gasteiger partial charge is 0.328 e. The van der Waals surface area contributed by atoms with Gasteiger partial charge in [-0.25, -0.2) is 4.79 Å². The molecule has 0 unspecified atom stereocenters. The quantitative estimate of drug-likeness (QED) is 0.683. The van der Waals surface area contributed by atoms with Crippen molar-refractivity contribution in [1.29, 1.82) is 0 Å². The Kier molecular flexibility index (Phi) is 8.33. The Labute approximate surface area is 138 Å². The molecule has 2 N–H and O–H groups in total. The van der Waals surface area contributed by atoms with Crippen LogP contribution >= 0.6 is 0 Å². The molecular weight excluding hydrogens is 294 g/mol. The number of esters is 1. The van der Waals surface area contributed by atoms with E-state index in [9.17, 15) is 14.7 Å². The van der Waals surface area contributed by atoms with E-state index in [-0.39, 0.29) is 5.92 Å². The third kappa shape index (κ3) is 7.28. The van der Waals surface area contributed by atoms with E-state index in [1.807, 2.05) is 44.2 Å². The Hall–Kier alpha value is -1.88. The van der Waals surface area contributed by atoms with E-state index in [0.29, 0.717) is 12.8 Å². The number of ether oxygens (including phenoxy) is 1. The third-order valence-electron chi connectivity index (χ3n) is 3.60. The highest BCUT2D eigenvalue weighted by atomic mass is 16.5. The van der Waals surface area contributed by atoms with Gasteiger partial charge >= 0.3 is 5.97 Å². The second-order valence-electron chi connectivity index (χ2n) is 6.11. The zero-order chi connectivity index (χ0) is 17.2. The average molecular weight is 321 g/mol. The van der Waals surface area contributed by atoms with Crippen molar-refractivity contribution in [3.63, 3.8) is 0 Å². The van der Waals surface area contributed by atoms with Crippen molar-refractivity contribution in [3.05, 3.63) is 35.9 Å². The van der Waals surface area contributed by atoms with E-state index in [1.165, 1.54) is 12.7 Å². The van der Waals surface area contributed by atoms with Crippen molar-refractivity contribution in [2.24, 2.45) is 5.92 Å². The van der Waals surface area contributed by atoms with Crippen LogP contribution in [-0.2, 0) is 20.7 Å². The molecule has 0 saturated heterocycles. The summed E-state index contributed by atoms with van der Waals surface area (Å²) in [6.45, 7) is 3.85. The van der Waals surface area contributed by atoms with Gasteiger partial charge in [0.1, 0.15) is 12.1 Å². The number of amides is 1. The van der Waals surface area contributed by atoms with Crippen LogP contribution < -0.4 is 5.32 Å². The minimum absolute atomic E-state index is 0.199. The molecule has 1 aromatic rings. The fraction of sp³-hybridized carbons (Fsp3) is 0.556. The summed E-state index contributed by atoms with van der Waals surface area (Å²) in [5, 5.41) is 12.4. The summed E-state index contributed by atoms with van der Waals surface area (Å²) >= 11 is 0. The van der Waals surface area contributed by atoms with Gasteiger partial charge in [0.25, 0.3) is 0 Å². The number of benzene rings is 1. The van der Waals surface area contributed by atoms with Crippen molar-refractivity contribution in [3.8, 4) is 0 Å². The molecular formula is C18H27NO4. The number of carbonyl (C=O) groups is 2. The molecule has 1 amide bonds. The maximum Gasteiger partial charge on any atom is 0.328 e. The van der Waals surface area contributed by atoms with E-state index in [0.717, 1.165) is 12.8 Å². The zero-order valence-electron chi connectivity index (χ0n) is 14.1. The predicted molar refractivity (Wildman–Crippen MR) is 88.8 cm³/mol. The van der Waals surface area contributed by atoms with E-state index in [1.54, 1.807) is 0 Å². The predicted octanol–water partition coefficient (Wildman–Crippen LogP) is 2.07. The molecule has 23 heavy (non-hydrogen) atoms. The number of methoxy groups -OCH3 is 1. The van der Waals surface area contributed by atoms with Crippen LogP contribution in [0, 0.1) is 5.92 Å². The van der Waals surface area contributed by atoms with E-state index >= 15 is 0 Å². The lowest BCUT2D eigenvalue weighted by Crippen LogP contribution is -2.46. The van der Waals surface area contributed by atoms with Crippen LogP contribution in [0.25, 0.3) is 0 Å². The summed E-state index contributed by atoms with van der Waals surface area (Å²) in [5.74, 6) is -0.803. The molecule has 0 aromatic heterocycles. The molecule has 0 aliphatic rings. The van der Waals surface area contributed by atoms with E-state index < -0.39 is 24.0 Å². The maximum atomic E-state index is 12.0. The van der Waals surface area contributed by atoms with Crippen LogP contribution in [0.2, 0.25) is 0 Å². The van der Waals surface area contributed by atoms with Crippen LogP contribution in [0.5, 0.6) is 0 Å². The van der Waals surface area contributed by atoms with Crippen LogP contribution in [0.15, 0.2) is 30.3 Å². The van der Waals surface area contributed by atoms with Gasteiger partial charge in [-0.05, 0) is 37.2 Å². The molecule has 1 rings (SSSR count). The SMILES string of the molecule is COC(=O)[C@H](CCCc1ccccc1)NC(=O)[C@@H](O)CC(C)C. The lowest BCUT2D eigenvalue weighted by molar-refractivity contribution is -0.146. The Balaban J connectivity index is 2.52. The van der Waals surface area contributed by atoms with Crippen molar-refractivity contribution in [2.45, 2.75) is 51.7 Å². The summed E-state index contributed by atoms with van der Waals surface area (Å²) in [5.41, 5.74) is 1.18. The molecule has 0 heterocycles. The first kappa shape index (κ1) is 19.2. The zero-order valence-corrected chi connectivity index (χ0v) is 14.1. The van der Waals surface area contributed by atoms with Gasteiger partial charge in [-0.3, -0.25) is 4.79 Å². The Bertz CT molecular complexity index is 487. The first-order valence-corrected chi connectivity index (χ1v) is 8.04. The summed E-state index contributed by atoms with van der Waals surface area (Å²) in [7, 11) is 1.29. The first-order chi connectivity index (χ1) is 10.9. The molecule has 0 fully saturated rings. The maximum absolute atomic E-state index is 12.0. The molecule has 1 aromatic carbocycles. The Morgan fingerprint density at radius 3 is 2.43 bits per heavy atom. The highest BCUT2D eigenvalue weighted by Gasteiger charge is 2.25. The van der Waals surface area contributed by atoms with Gasteiger partial charge in [0.05, 0.1) is 7.11 Å². The second kappa shape index (κ2) is 10.0. The Morgan fingerprint density at radius 1 is 1.22 bits per heavy atom. The summed E-state index contributed by atoms with van der Waals surface area (Å²) in [4.78, 5) is 23.8. The van der Waals surface area contributed by atoms with Gasteiger partial charge in [-0.2, -0.15) is 0 Å². The van der Waals surface area contributed by atoms with Crippen LogP contribution in [0.3, 0.4) is 0 Å². The molecule has 0 bridgehead atoms. The highest BCUT2D eigenvalue weighted by Crippen LogP contribution is 2.09. The van der Waals surface area contributed by atoms with Crippen LogP contribution in [0.4, 0.5) is 0 Å². The standard InChI is InChI=1S/C18H27NO4/c1-13(2)12-16(20)17(21)19-15(18(22)23-3)11-7-10-14-8-5-4-6-9-14/h4-6,8-9,13,15-16,20H,7,10-12H2,1-3H3,(H,19,21)/t15-,16-/m0/s1. The highest BCUT2D eigenvalue weighted by molar-refractivity contribution is 5.86. The fourth-order valence-corrected chi connectivity index (χ4v) is 2.37. The van der Waals surface area contributed by atoms with Crippen molar-refractivity contribution >= 4 is 11.9 Å². The monoisotopic (exact) mass is 321 g/mol. The normalized spacial score (nSPS) is 13.4. The van der Waals surface area contributed by atoms with Gasteiger partial charge < -0.3 is 15.2 Å². The van der Waals surface area contributed by atoms with Crippen LogP contribution in [-0.4, -0.2) is 36.2 Å². The molecule has 0 spiro atoms. The molecule has 2 atom stereocenters. The van der Waals surface area contributed by atoms with E-state index in [4.69, 9.17) is 4.74 Å². The average Bonchev–Trinajstić information content (AvgIpc) is 2.53. The number of hydrogen-bond donors (Lipinski definition) is 2. The second-order valence-corrected chi connectivity index (χ2v) is 6.11. The molecule has 5 heteroatoms. The lowest BCUT2D eigenvalue weighted by Gasteiger charge is -2.19. The van der Waals surface area contributed by atoms with Gasteiger partial charge in [-0.15, -0.1) is 0 Å². The molecule has 0 aliphatic heterocycles. The Morgan fingerprint density at radius 2 is 1.87 bits per heavy atom. The third-order valence-corrected chi connectivity index (χ3v) is 3.60. The fourth-order valence-electron chi connectivity index (χ4n) is 2.37. The molecule has 0 radical (unpaired) electrons. The largest absolute Gasteiger partial charge is 0.467 e. The van der Waals surface area contributed by atoms with Crippen molar-refractivity contribution in [2.75, 3.05) is 7.11 Å². The number of nitrogens with one attached hydrogen (secondary N) is 1. The van der Waals surface area contributed by atoms with Crippen LogP contribution in [0.1, 0.15) is 38.7 Å². The molecule has 0 aliphatic carbocycles. The number of rotatable bonds is 9. The van der Waals surface area contributed by atoms with Gasteiger partial charge in [0.2, 0.25) is 5.91 Å². The van der Waals surface area contributed by atoms with Crippen molar-refractivity contribution < 1.29 is 19.4 Å². The van der Waals surface area contributed by atoms with Crippen molar-refractivity contribution in [1.82, 2.24) is 5.32 Å². The topological polar surface area (TPSA) is 75.6 Å². The number of hydrogen-bond acceptors (Lipinski definition) is 4. The molecule has 0 saturated carbocycles. The summed E-state index contributed by atoms with van der Waals surface area (Å²) < 4.78 is 4.74. The first-order valence-electron chi connectivity index (χ1n) is 8.04. The summed E-state index contributed by atoms with van der Waals surface area (Å²) in [6, 6.07) is 9.22. The molecule has 5 nitrogen and oxygen atoms in total. The van der Waals surface area contributed by atoms with E-state index in [2.05, 4.69) is 5.32 Å². The minimum Gasteiger partial charge on any atom is -0.467 e. The minimum atomic E-state index is -1.10. The number of aryl methyl sites for hydroxylation is 1. The summed E-state index contributed by atoms with van der Waals surface area (Å²) in [6.07, 6.45) is 1.30.